The molecule has 1 N–H and O–H groups in total. The zero-order chi connectivity index (χ0) is 19.2. The smallest absolute Gasteiger partial charge is 0.261 e. The van der Waals surface area contributed by atoms with Crippen molar-refractivity contribution in [3.8, 4) is 5.75 Å². The van der Waals surface area contributed by atoms with E-state index in [0.717, 1.165) is 44.8 Å². The maximum atomic E-state index is 12.8. The Morgan fingerprint density at radius 1 is 1.25 bits per heavy atom. The second-order valence-corrected chi connectivity index (χ2v) is 8.24. The van der Waals surface area contributed by atoms with Crippen molar-refractivity contribution >= 4 is 22.4 Å². The Labute approximate surface area is 169 Å². The Hall–Kier alpha value is -1.96. The molecule has 1 atom stereocenters. The molecule has 3 heterocycles. The molecule has 0 unspecified atom stereocenters. The fourth-order valence-electron chi connectivity index (χ4n) is 3.69. The summed E-state index contributed by atoms with van der Waals surface area (Å²) in [6.07, 6.45) is 6.04. The molecule has 1 amide bonds. The molecule has 6 nitrogen and oxygen atoms in total. The number of para-hydroxylation sites is 1. The van der Waals surface area contributed by atoms with E-state index in [1.165, 1.54) is 30.6 Å². The molecular formula is C21H27N3O3S. The largest absolute Gasteiger partial charge is 0.490 e. The molecule has 7 heteroatoms. The molecule has 2 aromatic rings. The molecule has 2 aliphatic heterocycles. The second-order valence-electron chi connectivity index (χ2n) is 7.38. The first-order valence-corrected chi connectivity index (χ1v) is 11.0. The van der Waals surface area contributed by atoms with Crippen LogP contribution in [0.2, 0.25) is 0 Å². The van der Waals surface area contributed by atoms with Gasteiger partial charge in [-0.1, -0.05) is 18.6 Å². The van der Waals surface area contributed by atoms with Gasteiger partial charge in [-0.25, -0.2) is 4.98 Å². The number of hydrogen-bond donors (Lipinski definition) is 1. The summed E-state index contributed by atoms with van der Waals surface area (Å²) in [6.45, 7) is 4.39. The maximum absolute atomic E-state index is 12.8. The van der Waals surface area contributed by atoms with Crippen molar-refractivity contribution in [2.75, 3.05) is 31.6 Å². The van der Waals surface area contributed by atoms with Crippen molar-refractivity contribution in [3.05, 3.63) is 40.9 Å². The van der Waals surface area contributed by atoms with Gasteiger partial charge >= 0.3 is 0 Å². The normalized spacial score (nSPS) is 20.2. The van der Waals surface area contributed by atoms with Crippen LogP contribution in [0.5, 0.6) is 5.75 Å². The number of carbonyl (C=O) groups excluding carboxylic acids is 1. The Morgan fingerprint density at radius 3 is 2.93 bits per heavy atom. The average molecular weight is 402 g/mol. The maximum Gasteiger partial charge on any atom is 0.261 e. The minimum absolute atomic E-state index is 0.118. The predicted molar refractivity (Wildman–Crippen MR) is 110 cm³/mol. The first-order valence-electron chi connectivity index (χ1n) is 10.1. The van der Waals surface area contributed by atoms with Crippen LogP contribution in [0, 0.1) is 0 Å². The molecule has 0 radical (unpaired) electrons. The van der Waals surface area contributed by atoms with Crippen LogP contribution in [-0.2, 0) is 11.3 Å². The highest BCUT2D eigenvalue weighted by Crippen LogP contribution is 2.24. The molecule has 0 bridgehead atoms. The van der Waals surface area contributed by atoms with Gasteiger partial charge in [0.1, 0.15) is 12.4 Å². The molecule has 2 fully saturated rings. The van der Waals surface area contributed by atoms with Crippen LogP contribution < -0.4 is 10.1 Å². The highest BCUT2D eigenvalue weighted by Gasteiger charge is 2.19. The quantitative estimate of drug-likeness (QED) is 0.761. The van der Waals surface area contributed by atoms with Gasteiger partial charge in [0.05, 0.1) is 17.4 Å². The van der Waals surface area contributed by atoms with Crippen molar-refractivity contribution in [1.29, 1.82) is 0 Å². The number of hydrogen-bond acceptors (Lipinski definition) is 6. The van der Waals surface area contributed by atoms with E-state index in [4.69, 9.17) is 9.47 Å². The van der Waals surface area contributed by atoms with E-state index in [2.05, 4.69) is 15.2 Å². The zero-order valence-electron chi connectivity index (χ0n) is 16.1. The van der Waals surface area contributed by atoms with E-state index in [1.54, 1.807) is 6.07 Å². The van der Waals surface area contributed by atoms with Gasteiger partial charge < -0.3 is 9.47 Å². The van der Waals surface area contributed by atoms with Crippen LogP contribution in [-0.4, -0.2) is 48.2 Å². The second kappa shape index (κ2) is 9.49. The van der Waals surface area contributed by atoms with Gasteiger partial charge in [-0.2, -0.15) is 0 Å². The molecule has 2 aliphatic rings. The fraction of sp³-hybridized carbons (Fsp3) is 0.524. The molecular weight excluding hydrogens is 374 g/mol. The van der Waals surface area contributed by atoms with Gasteiger partial charge in [0.2, 0.25) is 0 Å². The SMILES string of the molecule is O=C(Nc1nc(CN2CCCCC2)cs1)c1ccccc1OC[C@@H]1CCCO1. The van der Waals surface area contributed by atoms with Crippen molar-refractivity contribution < 1.29 is 14.3 Å². The number of nitrogens with zero attached hydrogens (tertiary/aromatic N) is 2. The average Bonchev–Trinajstić information content (AvgIpc) is 3.39. The Kier molecular flexibility index (Phi) is 6.57. The number of amides is 1. The predicted octanol–water partition coefficient (Wildman–Crippen LogP) is 3.94. The monoisotopic (exact) mass is 401 g/mol. The summed E-state index contributed by atoms with van der Waals surface area (Å²) in [6, 6.07) is 7.33. The number of aromatic nitrogens is 1. The highest BCUT2D eigenvalue weighted by atomic mass is 32.1. The number of rotatable bonds is 7. The van der Waals surface area contributed by atoms with E-state index in [9.17, 15) is 4.79 Å². The van der Waals surface area contributed by atoms with E-state index in [0.29, 0.717) is 23.1 Å². The number of benzene rings is 1. The molecule has 2 saturated heterocycles. The summed E-state index contributed by atoms with van der Waals surface area (Å²) < 4.78 is 11.5. The van der Waals surface area contributed by atoms with Crippen molar-refractivity contribution in [2.45, 2.75) is 44.8 Å². The van der Waals surface area contributed by atoms with Gasteiger partial charge in [0, 0.05) is 18.5 Å². The summed E-state index contributed by atoms with van der Waals surface area (Å²) >= 11 is 1.47. The summed E-state index contributed by atoms with van der Waals surface area (Å²) in [4.78, 5) is 19.8. The lowest BCUT2D eigenvalue weighted by Crippen LogP contribution is -2.29. The van der Waals surface area contributed by atoms with Crippen molar-refractivity contribution in [1.82, 2.24) is 9.88 Å². The number of likely N-dealkylation sites (tertiary alicyclic amines) is 1. The Balaban J connectivity index is 1.35. The first kappa shape index (κ1) is 19.4. The molecule has 4 rings (SSSR count). The van der Waals surface area contributed by atoms with E-state index >= 15 is 0 Å². The number of piperidine rings is 1. The first-order chi connectivity index (χ1) is 13.8. The number of anilines is 1. The standard InChI is InChI=1S/C21H27N3O3S/c25-20(18-8-2-3-9-19(18)27-14-17-7-6-12-26-17)23-21-22-16(15-28-21)13-24-10-4-1-5-11-24/h2-3,8-9,15,17H,1,4-7,10-14H2,(H,22,23,25)/t17-/m0/s1. The Morgan fingerprint density at radius 2 is 2.11 bits per heavy atom. The van der Waals surface area contributed by atoms with Gasteiger partial charge in [0.25, 0.3) is 5.91 Å². The molecule has 1 aromatic carbocycles. The van der Waals surface area contributed by atoms with Gasteiger partial charge in [-0.15, -0.1) is 11.3 Å². The van der Waals surface area contributed by atoms with Gasteiger partial charge in [-0.3, -0.25) is 15.0 Å². The third kappa shape index (κ3) is 5.10. The van der Waals surface area contributed by atoms with E-state index < -0.39 is 0 Å². The number of ether oxygens (including phenoxy) is 2. The molecule has 150 valence electrons. The van der Waals surface area contributed by atoms with Crippen molar-refractivity contribution in [3.63, 3.8) is 0 Å². The number of nitrogens with one attached hydrogen (secondary N) is 1. The van der Waals surface area contributed by atoms with Crippen LogP contribution in [0.15, 0.2) is 29.6 Å². The van der Waals surface area contributed by atoms with Crippen LogP contribution in [0.1, 0.15) is 48.2 Å². The lowest BCUT2D eigenvalue weighted by Gasteiger charge is -2.25. The van der Waals surface area contributed by atoms with Gasteiger partial charge in [0.15, 0.2) is 5.13 Å². The summed E-state index contributed by atoms with van der Waals surface area (Å²) in [5.41, 5.74) is 1.54. The lowest BCUT2D eigenvalue weighted by molar-refractivity contribution is 0.0673. The number of thiazole rings is 1. The lowest BCUT2D eigenvalue weighted by atomic mass is 10.1. The van der Waals surface area contributed by atoms with Gasteiger partial charge in [-0.05, 0) is 50.9 Å². The highest BCUT2D eigenvalue weighted by molar-refractivity contribution is 7.14. The Bertz CT molecular complexity index is 783. The fourth-order valence-corrected chi connectivity index (χ4v) is 4.38. The van der Waals surface area contributed by atoms with E-state index in [-0.39, 0.29) is 12.0 Å². The minimum atomic E-state index is -0.193. The van der Waals surface area contributed by atoms with Crippen LogP contribution >= 0.6 is 11.3 Å². The molecule has 0 aliphatic carbocycles. The third-order valence-corrected chi connectivity index (χ3v) is 5.99. The summed E-state index contributed by atoms with van der Waals surface area (Å²) in [7, 11) is 0. The topological polar surface area (TPSA) is 63.7 Å². The third-order valence-electron chi connectivity index (χ3n) is 5.19. The summed E-state index contributed by atoms with van der Waals surface area (Å²) in [5.74, 6) is 0.391. The van der Waals surface area contributed by atoms with Crippen LogP contribution in [0.3, 0.4) is 0 Å². The van der Waals surface area contributed by atoms with E-state index in [1.807, 2.05) is 23.6 Å². The zero-order valence-corrected chi connectivity index (χ0v) is 16.9. The van der Waals surface area contributed by atoms with Crippen LogP contribution in [0.4, 0.5) is 5.13 Å². The molecule has 1 aromatic heterocycles. The van der Waals surface area contributed by atoms with Crippen molar-refractivity contribution in [2.24, 2.45) is 0 Å². The molecule has 28 heavy (non-hydrogen) atoms. The molecule has 0 spiro atoms. The summed E-state index contributed by atoms with van der Waals surface area (Å²) in [5, 5.41) is 5.59. The molecule has 0 saturated carbocycles. The van der Waals surface area contributed by atoms with Crippen LogP contribution in [0.25, 0.3) is 0 Å². The number of carbonyl (C=O) groups is 1. The minimum Gasteiger partial charge on any atom is -0.490 e.